The van der Waals surface area contributed by atoms with Crippen LogP contribution in [0.15, 0.2) is 66.7 Å². The third-order valence-electron chi connectivity index (χ3n) is 6.29. The molecule has 1 aliphatic heterocycles. The standard InChI is InChI=1S/C27H32N2O/c1-20-7-6-18-29(19-20)25-15-12-22(13-16-25)21(2)28-27(30)17-14-24-10-5-9-23-8-3-4-11-26(23)24/h3-5,8-13,15-16,20-21H,6-7,14,17-19H2,1-2H3,(H,28,30). The maximum absolute atomic E-state index is 12.6. The SMILES string of the molecule is CC1CCCN(c2ccc(C(C)NC(=O)CCc3cccc4ccccc34)cc2)C1. The fourth-order valence-electron chi connectivity index (χ4n) is 4.55. The molecule has 0 aliphatic carbocycles. The van der Waals surface area contributed by atoms with E-state index in [1.807, 2.05) is 0 Å². The molecule has 3 nitrogen and oxygen atoms in total. The fraction of sp³-hybridized carbons (Fsp3) is 0.370. The number of anilines is 1. The minimum atomic E-state index is 0.0133. The third kappa shape index (κ3) is 4.84. The van der Waals surface area contributed by atoms with Gasteiger partial charge in [0.2, 0.25) is 5.91 Å². The van der Waals surface area contributed by atoms with Crippen molar-refractivity contribution in [2.24, 2.45) is 5.92 Å². The number of benzene rings is 3. The predicted octanol–water partition coefficient (Wildman–Crippen LogP) is 5.89. The summed E-state index contributed by atoms with van der Waals surface area (Å²) in [6, 6.07) is 23.4. The molecule has 0 radical (unpaired) electrons. The Morgan fingerprint density at radius 3 is 2.63 bits per heavy atom. The van der Waals surface area contributed by atoms with E-state index < -0.39 is 0 Å². The van der Waals surface area contributed by atoms with Crippen molar-refractivity contribution >= 4 is 22.4 Å². The Labute approximate surface area is 180 Å². The van der Waals surface area contributed by atoms with Crippen LogP contribution in [-0.4, -0.2) is 19.0 Å². The summed E-state index contributed by atoms with van der Waals surface area (Å²) in [5.74, 6) is 0.864. The van der Waals surface area contributed by atoms with Gasteiger partial charge in [0.25, 0.3) is 0 Å². The molecule has 156 valence electrons. The molecule has 0 bridgehead atoms. The van der Waals surface area contributed by atoms with E-state index in [0.29, 0.717) is 6.42 Å². The van der Waals surface area contributed by atoms with Crippen LogP contribution < -0.4 is 10.2 Å². The number of fused-ring (bicyclic) bond motifs is 1. The molecule has 1 amide bonds. The third-order valence-corrected chi connectivity index (χ3v) is 6.29. The predicted molar refractivity (Wildman–Crippen MR) is 126 cm³/mol. The van der Waals surface area contributed by atoms with Crippen LogP contribution in [-0.2, 0) is 11.2 Å². The lowest BCUT2D eigenvalue weighted by Crippen LogP contribution is -2.34. The highest BCUT2D eigenvalue weighted by atomic mass is 16.1. The number of hydrogen-bond donors (Lipinski definition) is 1. The summed E-state index contributed by atoms with van der Waals surface area (Å²) < 4.78 is 0. The highest BCUT2D eigenvalue weighted by Crippen LogP contribution is 2.25. The number of carbonyl (C=O) groups excluding carboxylic acids is 1. The van der Waals surface area contributed by atoms with Gasteiger partial charge in [-0.3, -0.25) is 4.79 Å². The zero-order chi connectivity index (χ0) is 20.9. The summed E-state index contributed by atoms with van der Waals surface area (Å²) in [6.07, 6.45) is 3.86. The number of nitrogens with one attached hydrogen (secondary N) is 1. The lowest BCUT2D eigenvalue weighted by atomic mass is 9.99. The Morgan fingerprint density at radius 2 is 1.83 bits per heavy atom. The Bertz CT molecular complexity index is 990. The maximum atomic E-state index is 12.6. The van der Waals surface area contributed by atoms with Crippen LogP contribution in [0.25, 0.3) is 10.8 Å². The number of hydrogen-bond acceptors (Lipinski definition) is 2. The number of carbonyl (C=O) groups is 1. The molecule has 2 unspecified atom stereocenters. The van der Waals surface area contributed by atoms with Gasteiger partial charge in [-0.15, -0.1) is 0 Å². The van der Waals surface area contributed by atoms with Gasteiger partial charge in [0.15, 0.2) is 0 Å². The summed E-state index contributed by atoms with van der Waals surface area (Å²) in [5, 5.41) is 5.64. The molecule has 3 aromatic carbocycles. The van der Waals surface area contributed by atoms with Crippen molar-refractivity contribution in [3.8, 4) is 0 Å². The first-order valence-electron chi connectivity index (χ1n) is 11.2. The summed E-state index contributed by atoms with van der Waals surface area (Å²) in [4.78, 5) is 15.0. The van der Waals surface area contributed by atoms with Crippen molar-refractivity contribution in [1.82, 2.24) is 5.32 Å². The van der Waals surface area contributed by atoms with Gasteiger partial charge in [0, 0.05) is 25.2 Å². The van der Waals surface area contributed by atoms with E-state index in [1.165, 1.54) is 34.9 Å². The summed E-state index contributed by atoms with van der Waals surface area (Å²) >= 11 is 0. The second kappa shape index (κ2) is 9.34. The number of aryl methyl sites for hydroxylation is 1. The van der Waals surface area contributed by atoms with Crippen molar-refractivity contribution in [2.75, 3.05) is 18.0 Å². The molecule has 1 saturated heterocycles. The van der Waals surface area contributed by atoms with Crippen LogP contribution >= 0.6 is 0 Å². The van der Waals surface area contributed by atoms with E-state index in [2.05, 4.69) is 90.8 Å². The first kappa shape index (κ1) is 20.5. The molecule has 1 heterocycles. The van der Waals surface area contributed by atoms with Gasteiger partial charge in [0.1, 0.15) is 0 Å². The van der Waals surface area contributed by atoms with Gasteiger partial charge >= 0.3 is 0 Å². The van der Waals surface area contributed by atoms with E-state index in [-0.39, 0.29) is 11.9 Å². The Hall–Kier alpha value is -2.81. The minimum absolute atomic E-state index is 0.0133. The van der Waals surface area contributed by atoms with Gasteiger partial charge in [-0.05, 0) is 66.1 Å². The van der Waals surface area contributed by atoms with Gasteiger partial charge < -0.3 is 10.2 Å². The molecule has 4 rings (SSSR count). The number of nitrogens with zero attached hydrogens (tertiary/aromatic N) is 1. The second-order valence-corrected chi connectivity index (χ2v) is 8.71. The fourth-order valence-corrected chi connectivity index (χ4v) is 4.55. The second-order valence-electron chi connectivity index (χ2n) is 8.71. The average molecular weight is 401 g/mol. The Morgan fingerprint density at radius 1 is 1.07 bits per heavy atom. The van der Waals surface area contributed by atoms with Crippen molar-refractivity contribution in [2.45, 2.75) is 45.6 Å². The van der Waals surface area contributed by atoms with Crippen LogP contribution in [0.4, 0.5) is 5.69 Å². The number of rotatable bonds is 6. The van der Waals surface area contributed by atoms with Gasteiger partial charge in [-0.1, -0.05) is 61.5 Å². The highest BCUT2D eigenvalue weighted by molar-refractivity contribution is 5.86. The summed E-state index contributed by atoms with van der Waals surface area (Å²) in [6.45, 7) is 6.67. The molecule has 3 aromatic rings. The molecule has 1 fully saturated rings. The van der Waals surface area contributed by atoms with Crippen LogP contribution in [0.5, 0.6) is 0 Å². The van der Waals surface area contributed by atoms with Crippen LogP contribution in [0.1, 0.15) is 50.3 Å². The van der Waals surface area contributed by atoms with Crippen LogP contribution in [0, 0.1) is 5.92 Å². The summed E-state index contributed by atoms with van der Waals surface area (Å²) in [5.41, 5.74) is 3.68. The molecule has 1 aliphatic rings. The highest BCUT2D eigenvalue weighted by Gasteiger charge is 2.17. The molecule has 3 heteroatoms. The molecular formula is C27H32N2O. The zero-order valence-electron chi connectivity index (χ0n) is 18.1. The van der Waals surface area contributed by atoms with Gasteiger partial charge in [-0.2, -0.15) is 0 Å². The van der Waals surface area contributed by atoms with E-state index in [1.54, 1.807) is 0 Å². The maximum Gasteiger partial charge on any atom is 0.220 e. The normalized spacial score (nSPS) is 17.7. The van der Waals surface area contributed by atoms with Gasteiger partial charge in [-0.25, -0.2) is 0 Å². The first-order valence-corrected chi connectivity index (χ1v) is 11.2. The lowest BCUT2D eigenvalue weighted by molar-refractivity contribution is -0.121. The smallest absolute Gasteiger partial charge is 0.220 e. The largest absolute Gasteiger partial charge is 0.371 e. The molecule has 0 saturated carbocycles. The lowest BCUT2D eigenvalue weighted by Gasteiger charge is -2.33. The van der Waals surface area contributed by atoms with Crippen molar-refractivity contribution in [3.05, 3.63) is 77.9 Å². The minimum Gasteiger partial charge on any atom is -0.371 e. The quantitative estimate of drug-likeness (QED) is 0.560. The molecule has 30 heavy (non-hydrogen) atoms. The molecule has 2 atom stereocenters. The summed E-state index contributed by atoms with van der Waals surface area (Å²) in [7, 11) is 0. The van der Waals surface area contributed by atoms with E-state index >= 15 is 0 Å². The molecule has 1 N–H and O–H groups in total. The number of amides is 1. The average Bonchev–Trinajstić information content (AvgIpc) is 2.77. The van der Waals surface area contributed by atoms with Crippen molar-refractivity contribution in [3.63, 3.8) is 0 Å². The molecule has 0 spiro atoms. The first-order chi connectivity index (χ1) is 14.6. The molecule has 0 aromatic heterocycles. The number of piperidine rings is 1. The van der Waals surface area contributed by atoms with Gasteiger partial charge in [0.05, 0.1) is 6.04 Å². The van der Waals surface area contributed by atoms with E-state index in [9.17, 15) is 4.79 Å². The van der Waals surface area contributed by atoms with Crippen molar-refractivity contribution < 1.29 is 4.79 Å². The zero-order valence-corrected chi connectivity index (χ0v) is 18.1. The Balaban J connectivity index is 1.33. The Kier molecular flexibility index (Phi) is 6.37. The van der Waals surface area contributed by atoms with E-state index in [4.69, 9.17) is 0 Å². The van der Waals surface area contributed by atoms with Crippen LogP contribution in [0.3, 0.4) is 0 Å². The van der Waals surface area contributed by atoms with Crippen molar-refractivity contribution in [1.29, 1.82) is 0 Å². The monoisotopic (exact) mass is 400 g/mol. The molecular weight excluding hydrogens is 368 g/mol. The topological polar surface area (TPSA) is 32.3 Å². The van der Waals surface area contributed by atoms with E-state index in [0.717, 1.165) is 31.0 Å². The van der Waals surface area contributed by atoms with Crippen LogP contribution in [0.2, 0.25) is 0 Å².